The van der Waals surface area contributed by atoms with E-state index in [0.717, 1.165) is 11.3 Å². The van der Waals surface area contributed by atoms with Crippen molar-refractivity contribution < 1.29 is 9.05 Å². The van der Waals surface area contributed by atoms with Crippen molar-refractivity contribution in [2.45, 2.75) is 6.61 Å². The smallest absolute Gasteiger partial charge is 0.215 e. The Morgan fingerprint density at radius 2 is 1.62 bits per heavy atom. The molecule has 2 aromatic carbocycles. The van der Waals surface area contributed by atoms with E-state index in [0.29, 0.717) is 6.61 Å². The van der Waals surface area contributed by atoms with Crippen LogP contribution >= 0.6 is 9.03 Å². The van der Waals surface area contributed by atoms with Gasteiger partial charge in [-0.1, -0.05) is 42.5 Å². The maximum Gasteiger partial charge on any atom is 0.215 e. The molecule has 0 N–H and O–H groups in total. The van der Waals surface area contributed by atoms with E-state index < -0.39 is 0 Å². The van der Waals surface area contributed by atoms with Gasteiger partial charge in [-0.3, -0.25) is 0 Å². The lowest BCUT2D eigenvalue weighted by atomic mass is 9.99. The molecule has 0 radical (unpaired) electrons. The summed E-state index contributed by atoms with van der Waals surface area (Å²) in [4.78, 5) is 0. The highest BCUT2D eigenvalue weighted by atomic mass is 31.1. The van der Waals surface area contributed by atoms with Crippen molar-refractivity contribution in [3.05, 3.63) is 54.1 Å². The van der Waals surface area contributed by atoms with Crippen LogP contribution in [0, 0.1) is 0 Å². The molecule has 16 heavy (non-hydrogen) atoms. The second-order valence-electron chi connectivity index (χ2n) is 3.63. The van der Waals surface area contributed by atoms with Crippen molar-refractivity contribution in [1.29, 1.82) is 0 Å². The summed E-state index contributed by atoms with van der Waals surface area (Å²) < 4.78 is 11.1. The van der Waals surface area contributed by atoms with Crippen molar-refractivity contribution in [3.8, 4) is 16.9 Å². The summed E-state index contributed by atoms with van der Waals surface area (Å²) in [5, 5.41) is 0. The highest BCUT2D eigenvalue weighted by Gasteiger charge is 2.12. The number of hydrogen-bond acceptors (Lipinski definition) is 2. The summed E-state index contributed by atoms with van der Waals surface area (Å²) in [6, 6.07) is 16.4. The topological polar surface area (TPSA) is 18.5 Å². The van der Waals surface area contributed by atoms with Crippen LogP contribution in [0.25, 0.3) is 11.1 Å². The summed E-state index contributed by atoms with van der Waals surface area (Å²) in [7, 11) is 0.0694. The Bertz CT molecular complexity index is 463. The van der Waals surface area contributed by atoms with E-state index in [-0.39, 0.29) is 9.03 Å². The maximum atomic E-state index is 5.59. The molecule has 2 aromatic rings. The zero-order chi connectivity index (χ0) is 10.8. The van der Waals surface area contributed by atoms with Crippen molar-refractivity contribution >= 4 is 9.03 Å². The maximum absolute atomic E-state index is 5.59. The third kappa shape index (κ3) is 1.71. The van der Waals surface area contributed by atoms with Gasteiger partial charge in [-0.25, -0.2) is 0 Å². The lowest BCUT2D eigenvalue weighted by Gasteiger charge is -2.17. The summed E-state index contributed by atoms with van der Waals surface area (Å²) in [5.41, 5.74) is 3.56. The minimum absolute atomic E-state index is 0.0694. The molecule has 0 aromatic heterocycles. The predicted molar refractivity (Wildman–Crippen MR) is 65.6 cm³/mol. The van der Waals surface area contributed by atoms with Crippen molar-refractivity contribution in [1.82, 2.24) is 0 Å². The summed E-state index contributed by atoms with van der Waals surface area (Å²) in [5.74, 6) is 0.896. The van der Waals surface area contributed by atoms with Crippen LogP contribution in [0.3, 0.4) is 0 Å². The molecule has 0 amide bonds. The van der Waals surface area contributed by atoms with E-state index in [2.05, 4.69) is 18.2 Å². The average molecular weight is 230 g/mol. The predicted octanol–water partition coefficient (Wildman–Crippen LogP) is 3.77. The lowest BCUT2D eigenvalue weighted by Crippen LogP contribution is -1.96. The summed E-state index contributed by atoms with van der Waals surface area (Å²) in [6.07, 6.45) is 0. The van der Waals surface area contributed by atoms with E-state index in [1.54, 1.807) is 0 Å². The fourth-order valence-corrected chi connectivity index (χ4v) is 2.41. The molecule has 3 rings (SSSR count). The van der Waals surface area contributed by atoms with Gasteiger partial charge in [0.05, 0.1) is 6.61 Å². The number of para-hydroxylation sites is 1. The molecule has 0 fully saturated rings. The summed E-state index contributed by atoms with van der Waals surface area (Å²) >= 11 is 0. The monoisotopic (exact) mass is 230 g/mol. The first-order chi connectivity index (χ1) is 7.95. The van der Waals surface area contributed by atoms with Crippen molar-refractivity contribution in [2.24, 2.45) is 0 Å². The molecule has 1 heterocycles. The molecule has 0 saturated heterocycles. The van der Waals surface area contributed by atoms with Crippen LogP contribution in [0.1, 0.15) is 5.56 Å². The Morgan fingerprint density at radius 1 is 0.875 bits per heavy atom. The first-order valence-electron chi connectivity index (χ1n) is 5.16. The van der Waals surface area contributed by atoms with Crippen LogP contribution in [0.4, 0.5) is 0 Å². The van der Waals surface area contributed by atoms with E-state index in [1.807, 2.05) is 30.3 Å². The molecule has 0 bridgehead atoms. The molecule has 0 saturated carbocycles. The van der Waals surface area contributed by atoms with Gasteiger partial charge >= 0.3 is 0 Å². The Morgan fingerprint density at radius 3 is 2.56 bits per heavy atom. The molecule has 1 aliphatic heterocycles. The number of benzene rings is 2. The Labute approximate surface area is 96.2 Å². The average Bonchev–Trinajstić information content (AvgIpc) is 2.33. The third-order valence-electron chi connectivity index (χ3n) is 2.63. The number of rotatable bonds is 0. The second-order valence-corrected chi connectivity index (χ2v) is 4.29. The van der Waals surface area contributed by atoms with Gasteiger partial charge in [0.15, 0.2) is 0 Å². The fraction of sp³-hybridized carbons (Fsp3) is 0.0769. The fourth-order valence-electron chi connectivity index (χ4n) is 1.87. The molecule has 0 spiro atoms. The van der Waals surface area contributed by atoms with Crippen molar-refractivity contribution in [2.75, 3.05) is 0 Å². The van der Waals surface area contributed by atoms with E-state index >= 15 is 0 Å². The van der Waals surface area contributed by atoms with Gasteiger partial charge < -0.3 is 9.05 Å². The highest BCUT2D eigenvalue weighted by molar-refractivity contribution is 7.26. The van der Waals surface area contributed by atoms with Crippen LogP contribution in [-0.2, 0) is 11.1 Å². The van der Waals surface area contributed by atoms with Crippen LogP contribution in [0.2, 0.25) is 0 Å². The minimum atomic E-state index is 0.0694. The van der Waals surface area contributed by atoms with Crippen LogP contribution < -0.4 is 4.52 Å². The van der Waals surface area contributed by atoms with Gasteiger partial charge in [-0.15, -0.1) is 0 Å². The van der Waals surface area contributed by atoms with E-state index in [9.17, 15) is 0 Å². The summed E-state index contributed by atoms with van der Waals surface area (Å²) in [6.45, 7) is 0.614. The molecular formula is C13H11O2P. The van der Waals surface area contributed by atoms with Crippen molar-refractivity contribution in [3.63, 3.8) is 0 Å². The number of fused-ring (bicyclic) bond motifs is 3. The Balaban J connectivity index is 2.22. The number of hydrogen-bond donors (Lipinski definition) is 0. The quantitative estimate of drug-likeness (QED) is 0.641. The Kier molecular flexibility index (Phi) is 2.61. The first kappa shape index (κ1) is 9.83. The second kappa shape index (κ2) is 4.25. The largest absolute Gasteiger partial charge is 0.449 e. The van der Waals surface area contributed by atoms with Crippen LogP contribution in [-0.4, -0.2) is 0 Å². The highest BCUT2D eigenvalue weighted by Crippen LogP contribution is 2.38. The molecule has 1 aliphatic rings. The molecular weight excluding hydrogens is 219 g/mol. The van der Waals surface area contributed by atoms with E-state index in [1.165, 1.54) is 11.1 Å². The van der Waals surface area contributed by atoms with Gasteiger partial charge in [-0.2, -0.15) is 0 Å². The molecule has 1 unspecified atom stereocenters. The zero-order valence-electron chi connectivity index (χ0n) is 8.64. The van der Waals surface area contributed by atoms with Gasteiger partial charge in [0.25, 0.3) is 0 Å². The van der Waals surface area contributed by atoms with Crippen LogP contribution in [0.5, 0.6) is 5.75 Å². The molecule has 80 valence electrons. The van der Waals surface area contributed by atoms with E-state index in [4.69, 9.17) is 9.05 Å². The zero-order valence-corrected chi connectivity index (χ0v) is 9.64. The van der Waals surface area contributed by atoms with Gasteiger partial charge in [0, 0.05) is 5.56 Å². The van der Waals surface area contributed by atoms with Crippen LogP contribution in [0.15, 0.2) is 48.5 Å². The van der Waals surface area contributed by atoms with Gasteiger partial charge in [0.1, 0.15) is 5.75 Å². The van der Waals surface area contributed by atoms with Gasteiger partial charge in [0.2, 0.25) is 9.03 Å². The first-order valence-corrected chi connectivity index (χ1v) is 5.98. The van der Waals surface area contributed by atoms with Gasteiger partial charge in [-0.05, 0) is 17.2 Å². The molecule has 3 heteroatoms. The SMILES string of the molecule is c1ccc2c(c1)COPOc1ccccc1-2. The molecule has 0 aliphatic carbocycles. The Hall–Kier alpha value is -1.37. The third-order valence-corrected chi connectivity index (χ3v) is 3.20. The molecule has 1 atom stereocenters. The lowest BCUT2D eigenvalue weighted by molar-refractivity contribution is 0.318. The molecule has 2 nitrogen and oxygen atoms in total. The standard InChI is InChI=1S/C13H11O2P/c1-2-6-11-10(5-1)9-14-16-15-13-8-4-3-7-12(11)13/h1-8,16H,9H2. The normalized spacial score (nSPS) is 15.5. The minimum Gasteiger partial charge on any atom is -0.449 e.